The van der Waals surface area contributed by atoms with Gasteiger partial charge in [-0.2, -0.15) is 0 Å². The van der Waals surface area contributed by atoms with Crippen molar-refractivity contribution < 1.29 is 0 Å². The molecule has 0 amide bonds. The molecule has 1 N–H and O–H groups in total. The van der Waals surface area contributed by atoms with Crippen LogP contribution in [0.25, 0.3) is 0 Å². The van der Waals surface area contributed by atoms with Crippen LogP contribution in [0.2, 0.25) is 0 Å². The van der Waals surface area contributed by atoms with Crippen molar-refractivity contribution in [3.63, 3.8) is 0 Å². The lowest BCUT2D eigenvalue weighted by Gasteiger charge is -2.50. The molecule has 2 heteroatoms. The van der Waals surface area contributed by atoms with E-state index in [0.717, 1.165) is 13.0 Å². The molecule has 0 radical (unpaired) electrons. The Kier molecular flexibility index (Phi) is 4.54. The summed E-state index contributed by atoms with van der Waals surface area (Å²) in [6, 6.07) is 9.92. The number of piperazine rings is 1. The number of hydrogen-bond donors (Lipinski definition) is 1. The number of nitrogens with zero attached hydrogens (tertiary/aromatic N) is 1. The number of nitrogens with one attached hydrogen (secondary N) is 1. The summed E-state index contributed by atoms with van der Waals surface area (Å²) in [6.45, 7) is 6.88. The summed E-state index contributed by atoms with van der Waals surface area (Å²) in [6.07, 6.45) is 9.27. The van der Waals surface area contributed by atoms with E-state index in [-0.39, 0.29) is 0 Å². The van der Waals surface area contributed by atoms with E-state index in [1.54, 1.807) is 0 Å². The van der Waals surface area contributed by atoms with Crippen LogP contribution in [0, 0.1) is 0 Å². The van der Waals surface area contributed by atoms with Gasteiger partial charge in [-0.25, -0.2) is 0 Å². The van der Waals surface area contributed by atoms with Crippen molar-refractivity contribution in [2.75, 3.05) is 18.0 Å². The minimum atomic E-state index is 0.382. The lowest BCUT2D eigenvalue weighted by atomic mass is 9.79. The van der Waals surface area contributed by atoms with Gasteiger partial charge < -0.3 is 10.2 Å². The third-order valence-corrected chi connectivity index (χ3v) is 5.58. The van der Waals surface area contributed by atoms with Gasteiger partial charge in [-0.1, -0.05) is 45.2 Å². The number of aryl methyl sites for hydroxylation is 1. The first kappa shape index (κ1) is 14.9. The van der Waals surface area contributed by atoms with E-state index in [4.69, 9.17) is 0 Å². The van der Waals surface area contributed by atoms with Gasteiger partial charge in [-0.3, -0.25) is 0 Å². The van der Waals surface area contributed by atoms with Gasteiger partial charge in [-0.05, 0) is 43.4 Å². The topological polar surface area (TPSA) is 15.3 Å². The molecule has 1 atom stereocenters. The normalized spacial score (nSPS) is 25.2. The van der Waals surface area contributed by atoms with Crippen LogP contribution in [0.3, 0.4) is 0 Å². The molecule has 21 heavy (non-hydrogen) atoms. The molecule has 1 saturated heterocycles. The molecule has 1 aliphatic carbocycles. The van der Waals surface area contributed by atoms with Gasteiger partial charge in [0.1, 0.15) is 0 Å². The number of rotatable bonds is 3. The lowest BCUT2D eigenvalue weighted by molar-refractivity contribution is 0.196. The average Bonchev–Trinajstić information content (AvgIpc) is 2.56. The monoisotopic (exact) mass is 286 g/mol. The largest absolute Gasteiger partial charge is 0.365 e. The molecular weight excluding hydrogens is 256 g/mol. The predicted octanol–water partition coefficient (Wildman–Crippen LogP) is 4.14. The first-order valence-electron chi connectivity index (χ1n) is 8.87. The van der Waals surface area contributed by atoms with E-state index in [0.29, 0.717) is 11.6 Å². The zero-order chi connectivity index (χ0) is 14.7. The third kappa shape index (κ3) is 3.11. The molecule has 3 rings (SSSR count). The fourth-order valence-electron chi connectivity index (χ4n) is 4.11. The van der Waals surface area contributed by atoms with Crippen molar-refractivity contribution in [3.05, 3.63) is 29.8 Å². The summed E-state index contributed by atoms with van der Waals surface area (Å²) in [4.78, 5) is 2.68. The van der Waals surface area contributed by atoms with Crippen LogP contribution in [0.1, 0.15) is 57.9 Å². The Labute approximate surface area is 129 Å². The highest BCUT2D eigenvalue weighted by molar-refractivity contribution is 5.50. The van der Waals surface area contributed by atoms with Gasteiger partial charge in [0.2, 0.25) is 0 Å². The van der Waals surface area contributed by atoms with Gasteiger partial charge in [0, 0.05) is 30.4 Å². The Morgan fingerprint density at radius 2 is 1.81 bits per heavy atom. The van der Waals surface area contributed by atoms with Crippen LogP contribution in [-0.2, 0) is 6.42 Å². The van der Waals surface area contributed by atoms with E-state index < -0.39 is 0 Å². The van der Waals surface area contributed by atoms with Crippen molar-refractivity contribution in [3.8, 4) is 0 Å². The van der Waals surface area contributed by atoms with E-state index in [1.807, 2.05) is 0 Å². The minimum Gasteiger partial charge on any atom is -0.365 e. The first-order valence-corrected chi connectivity index (χ1v) is 8.87. The Morgan fingerprint density at radius 3 is 2.43 bits per heavy atom. The van der Waals surface area contributed by atoms with Crippen LogP contribution < -0.4 is 10.2 Å². The molecule has 2 aliphatic rings. The summed E-state index contributed by atoms with van der Waals surface area (Å²) >= 11 is 0. The maximum atomic E-state index is 3.92. The van der Waals surface area contributed by atoms with Crippen LogP contribution in [0.4, 0.5) is 5.69 Å². The summed E-state index contributed by atoms with van der Waals surface area (Å²) in [5.41, 5.74) is 3.24. The van der Waals surface area contributed by atoms with E-state index >= 15 is 0 Å². The Bertz CT molecular complexity index is 445. The quantitative estimate of drug-likeness (QED) is 0.898. The van der Waals surface area contributed by atoms with Crippen LogP contribution >= 0.6 is 0 Å². The molecule has 116 valence electrons. The lowest BCUT2D eigenvalue weighted by Crippen LogP contribution is -2.65. The van der Waals surface area contributed by atoms with Gasteiger partial charge in [0.25, 0.3) is 0 Å². The van der Waals surface area contributed by atoms with E-state index in [2.05, 4.69) is 48.3 Å². The highest BCUT2D eigenvalue weighted by Gasteiger charge is 2.39. The third-order valence-electron chi connectivity index (χ3n) is 5.58. The fourth-order valence-corrected chi connectivity index (χ4v) is 4.11. The molecule has 1 saturated carbocycles. The maximum absolute atomic E-state index is 3.92. The molecule has 1 spiro atoms. The molecule has 0 bridgehead atoms. The van der Waals surface area contributed by atoms with E-state index in [9.17, 15) is 0 Å². The van der Waals surface area contributed by atoms with Gasteiger partial charge in [0.05, 0.1) is 0 Å². The van der Waals surface area contributed by atoms with Crippen LogP contribution in [0.5, 0.6) is 0 Å². The zero-order valence-corrected chi connectivity index (χ0v) is 13.7. The molecule has 2 nitrogen and oxygen atoms in total. The highest BCUT2D eigenvalue weighted by atomic mass is 15.3. The van der Waals surface area contributed by atoms with Crippen molar-refractivity contribution >= 4 is 5.69 Å². The SMILES string of the molecule is CCc1ccc(N2CC3(CCCCC3)NCC2CC)cc1. The summed E-state index contributed by atoms with van der Waals surface area (Å²) in [7, 11) is 0. The summed E-state index contributed by atoms with van der Waals surface area (Å²) < 4.78 is 0. The zero-order valence-electron chi connectivity index (χ0n) is 13.7. The standard InChI is InChI=1S/C19H30N2/c1-3-16-8-10-18(11-9-16)21-15-19(12-6-5-7-13-19)20-14-17(21)4-2/h8-11,17,20H,3-7,12-15H2,1-2H3. The van der Waals surface area contributed by atoms with Gasteiger partial charge >= 0.3 is 0 Å². The number of hydrogen-bond acceptors (Lipinski definition) is 2. The molecule has 1 unspecified atom stereocenters. The summed E-state index contributed by atoms with van der Waals surface area (Å²) in [5, 5.41) is 3.92. The van der Waals surface area contributed by atoms with Crippen LogP contribution in [0.15, 0.2) is 24.3 Å². The second-order valence-corrected chi connectivity index (χ2v) is 6.93. The fraction of sp³-hybridized carbons (Fsp3) is 0.684. The average molecular weight is 286 g/mol. The number of anilines is 1. The molecule has 2 fully saturated rings. The van der Waals surface area contributed by atoms with Crippen molar-refractivity contribution in [1.82, 2.24) is 5.32 Å². The molecule has 0 aromatic heterocycles. The molecule has 1 aromatic carbocycles. The second-order valence-electron chi connectivity index (χ2n) is 6.93. The minimum absolute atomic E-state index is 0.382. The first-order chi connectivity index (χ1) is 10.3. The Morgan fingerprint density at radius 1 is 1.10 bits per heavy atom. The van der Waals surface area contributed by atoms with Crippen molar-refractivity contribution in [1.29, 1.82) is 0 Å². The summed E-state index contributed by atoms with van der Waals surface area (Å²) in [5.74, 6) is 0. The Hall–Kier alpha value is -1.02. The molecule has 1 aliphatic heterocycles. The number of benzene rings is 1. The highest BCUT2D eigenvalue weighted by Crippen LogP contribution is 2.34. The van der Waals surface area contributed by atoms with E-state index in [1.165, 1.54) is 56.3 Å². The second kappa shape index (κ2) is 6.39. The smallest absolute Gasteiger partial charge is 0.0412 e. The van der Waals surface area contributed by atoms with Crippen molar-refractivity contribution in [2.24, 2.45) is 0 Å². The van der Waals surface area contributed by atoms with Crippen LogP contribution in [-0.4, -0.2) is 24.7 Å². The molecule has 1 heterocycles. The Balaban J connectivity index is 1.81. The van der Waals surface area contributed by atoms with Gasteiger partial charge in [0.15, 0.2) is 0 Å². The predicted molar refractivity (Wildman–Crippen MR) is 91.1 cm³/mol. The molecule has 1 aromatic rings. The molecular formula is C19H30N2. The van der Waals surface area contributed by atoms with Gasteiger partial charge in [-0.15, -0.1) is 0 Å². The van der Waals surface area contributed by atoms with Crippen molar-refractivity contribution in [2.45, 2.75) is 70.4 Å². The maximum Gasteiger partial charge on any atom is 0.0412 e.